The van der Waals surface area contributed by atoms with Crippen molar-refractivity contribution in [2.75, 3.05) is 0 Å². The van der Waals surface area contributed by atoms with Gasteiger partial charge in [-0.2, -0.15) is 0 Å². The summed E-state index contributed by atoms with van der Waals surface area (Å²) in [6, 6.07) is 14.2. The number of phenolic OH excluding ortho intramolecular Hbond substituents is 4. The number of benzene rings is 4. The number of halogens is 1. The average Bonchev–Trinajstić information content (AvgIpc) is 3.39. The Bertz CT molecular complexity index is 1770. The van der Waals surface area contributed by atoms with Crippen LogP contribution in [0.25, 0.3) is 47.7 Å². The minimum absolute atomic E-state index is 0.00320. The van der Waals surface area contributed by atoms with Gasteiger partial charge in [0.2, 0.25) is 0 Å². The Balaban J connectivity index is 1.89. The fourth-order valence-electron chi connectivity index (χ4n) is 5.06. The SMILES string of the molecule is Cc1c(O)c(C)c2c(c1O)c1c(C)c(Br)c(O)c(O)c1n2-c1ccc2sc3ccccc3c2c1. The van der Waals surface area contributed by atoms with Crippen LogP contribution < -0.4 is 0 Å². The molecule has 4 aromatic carbocycles. The van der Waals surface area contributed by atoms with Gasteiger partial charge < -0.3 is 25.0 Å². The first kappa shape index (κ1) is 21.1. The molecule has 2 heterocycles. The zero-order valence-corrected chi connectivity index (χ0v) is 21.0. The molecule has 0 saturated heterocycles. The van der Waals surface area contributed by atoms with Crippen molar-refractivity contribution in [2.45, 2.75) is 20.8 Å². The summed E-state index contributed by atoms with van der Waals surface area (Å²) in [6.07, 6.45) is 0. The van der Waals surface area contributed by atoms with Gasteiger partial charge in [-0.1, -0.05) is 18.2 Å². The summed E-state index contributed by atoms with van der Waals surface area (Å²) < 4.78 is 4.49. The van der Waals surface area contributed by atoms with E-state index < -0.39 is 0 Å². The Hall–Kier alpha value is -3.42. The van der Waals surface area contributed by atoms with E-state index >= 15 is 0 Å². The van der Waals surface area contributed by atoms with E-state index in [1.165, 1.54) is 4.70 Å². The quantitative estimate of drug-likeness (QED) is 0.163. The molecule has 6 rings (SSSR count). The molecule has 0 aliphatic rings. The van der Waals surface area contributed by atoms with Crippen LogP contribution in [-0.2, 0) is 0 Å². The molecule has 0 saturated carbocycles. The third-order valence-corrected chi connectivity index (χ3v) is 8.93. The van der Waals surface area contributed by atoms with E-state index in [1.54, 1.807) is 25.2 Å². The van der Waals surface area contributed by atoms with Gasteiger partial charge in [-0.05, 0) is 66.5 Å². The fourth-order valence-corrected chi connectivity index (χ4v) is 6.53. The number of fused-ring (bicyclic) bond motifs is 6. The van der Waals surface area contributed by atoms with Gasteiger partial charge in [-0.25, -0.2) is 0 Å². The number of aromatic nitrogens is 1. The van der Waals surface area contributed by atoms with Crippen molar-refractivity contribution in [2.24, 2.45) is 0 Å². The summed E-state index contributed by atoms with van der Waals surface area (Å²) in [4.78, 5) is 0. The number of aryl methyl sites for hydroxylation is 2. The van der Waals surface area contributed by atoms with Gasteiger partial charge in [0.25, 0.3) is 0 Å². The fraction of sp³-hybridized carbons (Fsp3) is 0.111. The summed E-state index contributed by atoms with van der Waals surface area (Å²) in [5, 5.41) is 47.1. The molecule has 34 heavy (non-hydrogen) atoms. The van der Waals surface area contributed by atoms with Crippen LogP contribution in [0.4, 0.5) is 0 Å². The molecule has 0 atom stereocenters. The highest BCUT2D eigenvalue weighted by Gasteiger charge is 2.28. The van der Waals surface area contributed by atoms with E-state index in [0.29, 0.717) is 43.0 Å². The second-order valence-electron chi connectivity index (χ2n) is 8.64. The average molecular weight is 534 g/mol. The van der Waals surface area contributed by atoms with Crippen molar-refractivity contribution in [3.8, 4) is 28.7 Å². The van der Waals surface area contributed by atoms with Crippen LogP contribution in [-0.4, -0.2) is 25.0 Å². The summed E-state index contributed by atoms with van der Waals surface area (Å²) >= 11 is 5.09. The van der Waals surface area contributed by atoms with Gasteiger partial charge in [0.05, 0.1) is 15.4 Å². The predicted molar refractivity (Wildman–Crippen MR) is 142 cm³/mol. The lowest BCUT2D eigenvalue weighted by atomic mass is 10.0. The molecule has 0 fully saturated rings. The molecule has 170 valence electrons. The number of hydrogen-bond acceptors (Lipinski definition) is 5. The highest BCUT2D eigenvalue weighted by atomic mass is 79.9. The molecule has 0 aliphatic heterocycles. The van der Waals surface area contributed by atoms with Crippen LogP contribution in [0.15, 0.2) is 46.9 Å². The van der Waals surface area contributed by atoms with Crippen molar-refractivity contribution in [1.29, 1.82) is 0 Å². The molecule has 0 unspecified atom stereocenters. The number of thiophene rings is 1. The van der Waals surface area contributed by atoms with E-state index in [4.69, 9.17) is 0 Å². The van der Waals surface area contributed by atoms with Gasteiger partial charge >= 0.3 is 0 Å². The van der Waals surface area contributed by atoms with Crippen molar-refractivity contribution in [3.63, 3.8) is 0 Å². The minimum Gasteiger partial charge on any atom is -0.507 e. The lowest BCUT2D eigenvalue weighted by Gasteiger charge is -2.14. The van der Waals surface area contributed by atoms with Crippen molar-refractivity contribution in [1.82, 2.24) is 4.57 Å². The highest BCUT2D eigenvalue weighted by molar-refractivity contribution is 9.10. The molecule has 2 aromatic heterocycles. The number of phenols is 4. The monoisotopic (exact) mass is 533 g/mol. The second-order valence-corrected chi connectivity index (χ2v) is 10.5. The number of hydrogen-bond donors (Lipinski definition) is 4. The van der Waals surface area contributed by atoms with Gasteiger partial charge in [0, 0.05) is 42.4 Å². The van der Waals surface area contributed by atoms with Crippen molar-refractivity contribution in [3.05, 3.63) is 63.6 Å². The first-order chi connectivity index (χ1) is 16.2. The molecule has 0 spiro atoms. The summed E-state index contributed by atoms with van der Waals surface area (Å²) in [7, 11) is 0. The van der Waals surface area contributed by atoms with Crippen molar-refractivity contribution >= 4 is 69.2 Å². The third kappa shape index (κ3) is 2.54. The van der Waals surface area contributed by atoms with Crippen LogP contribution in [0, 0.1) is 20.8 Å². The molecule has 4 N–H and O–H groups in total. The molecule has 5 nitrogen and oxygen atoms in total. The topological polar surface area (TPSA) is 85.8 Å². The van der Waals surface area contributed by atoms with Crippen LogP contribution in [0.1, 0.15) is 16.7 Å². The predicted octanol–water partition coefficient (Wildman–Crippen LogP) is 7.66. The number of rotatable bonds is 1. The van der Waals surface area contributed by atoms with E-state index in [9.17, 15) is 20.4 Å². The first-order valence-corrected chi connectivity index (χ1v) is 12.3. The van der Waals surface area contributed by atoms with E-state index in [2.05, 4.69) is 28.1 Å². The normalized spacial score (nSPS) is 12.0. The molecular weight excluding hydrogens is 514 g/mol. The molecule has 6 aromatic rings. The standard InChI is InChI=1S/C27H20BrNO4S/c1-11-19-20-22(12(2)24(30)13(3)25(20)31)29(23(19)27(33)26(32)21(11)28)14-8-9-18-16(10-14)15-6-4-5-7-17(15)34-18/h4-10,30-33H,1-3H3. The van der Waals surface area contributed by atoms with Gasteiger partial charge in [-0.3, -0.25) is 0 Å². The Morgan fingerprint density at radius 1 is 0.676 bits per heavy atom. The Kier molecular flexibility index (Phi) is 4.38. The Morgan fingerprint density at radius 3 is 2.15 bits per heavy atom. The molecule has 0 amide bonds. The van der Waals surface area contributed by atoms with Gasteiger partial charge in [0.15, 0.2) is 11.5 Å². The van der Waals surface area contributed by atoms with Gasteiger partial charge in [-0.15, -0.1) is 11.3 Å². The molecular formula is C27H20BrNO4S. The minimum atomic E-state index is -0.296. The second kappa shape index (κ2) is 7.04. The summed E-state index contributed by atoms with van der Waals surface area (Å²) in [5.41, 5.74) is 3.31. The zero-order chi connectivity index (χ0) is 24.0. The lowest BCUT2D eigenvalue weighted by Crippen LogP contribution is -1.97. The highest BCUT2D eigenvalue weighted by Crippen LogP contribution is 2.52. The Labute approximate surface area is 206 Å². The van der Waals surface area contributed by atoms with Crippen LogP contribution in [0.3, 0.4) is 0 Å². The maximum absolute atomic E-state index is 11.1. The summed E-state index contributed by atoms with van der Waals surface area (Å²) in [6.45, 7) is 5.27. The third-order valence-electron chi connectivity index (χ3n) is 6.81. The first-order valence-electron chi connectivity index (χ1n) is 10.7. The maximum atomic E-state index is 11.1. The summed E-state index contributed by atoms with van der Waals surface area (Å²) in [5.74, 6) is -0.621. The van der Waals surface area contributed by atoms with Crippen LogP contribution in [0.2, 0.25) is 0 Å². The number of aromatic hydroxyl groups is 4. The Morgan fingerprint density at radius 2 is 1.38 bits per heavy atom. The van der Waals surface area contributed by atoms with Crippen molar-refractivity contribution < 1.29 is 20.4 Å². The van der Waals surface area contributed by atoms with Gasteiger partial charge in [0.1, 0.15) is 17.0 Å². The van der Waals surface area contributed by atoms with Crippen LogP contribution in [0.5, 0.6) is 23.0 Å². The zero-order valence-electron chi connectivity index (χ0n) is 18.6. The largest absolute Gasteiger partial charge is 0.507 e. The van der Waals surface area contributed by atoms with E-state index in [1.807, 2.05) is 41.8 Å². The van der Waals surface area contributed by atoms with E-state index in [-0.39, 0.29) is 23.0 Å². The smallest absolute Gasteiger partial charge is 0.184 e. The maximum Gasteiger partial charge on any atom is 0.184 e. The van der Waals surface area contributed by atoms with E-state index in [0.717, 1.165) is 21.2 Å². The molecule has 0 radical (unpaired) electrons. The molecule has 0 aliphatic carbocycles. The molecule has 7 heteroatoms. The number of nitrogens with zero attached hydrogens (tertiary/aromatic N) is 1. The molecule has 0 bridgehead atoms. The lowest BCUT2D eigenvalue weighted by molar-refractivity contribution is 0.404. The van der Waals surface area contributed by atoms with Crippen LogP contribution >= 0.6 is 27.3 Å².